The van der Waals surface area contributed by atoms with Gasteiger partial charge in [-0.2, -0.15) is 5.26 Å². The van der Waals surface area contributed by atoms with Crippen LogP contribution in [0, 0.1) is 14.9 Å². The molecule has 0 saturated carbocycles. The number of nitriles is 1. The largest absolute Gasteiger partial charge is 0.506 e. The van der Waals surface area contributed by atoms with E-state index < -0.39 is 0 Å². The standard InChI is InChI=1S/C14H8BrIN2O/c15-11-5-10(14(19)13(16)6-11)8-18-12-3-1-9(7-17)2-4-12/h1-6,8,19H. The van der Waals surface area contributed by atoms with Crippen molar-refractivity contribution >= 4 is 50.4 Å². The highest BCUT2D eigenvalue weighted by atomic mass is 127. The summed E-state index contributed by atoms with van der Waals surface area (Å²) in [4.78, 5) is 4.28. The van der Waals surface area contributed by atoms with E-state index in [2.05, 4.69) is 49.6 Å². The van der Waals surface area contributed by atoms with Crippen LogP contribution < -0.4 is 0 Å². The maximum Gasteiger partial charge on any atom is 0.137 e. The highest BCUT2D eigenvalue weighted by molar-refractivity contribution is 14.1. The lowest BCUT2D eigenvalue weighted by molar-refractivity contribution is 0.470. The van der Waals surface area contributed by atoms with E-state index in [9.17, 15) is 5.11 Å². The van der Waals surface area contributed by atoms with Gasteiger partial charge in [0.05, 0.1) is 20.9 Å². The van der Waals surface area contributed by atoms with Crippen LogP contribution in [0.1, 0.15) is 11.1 Å². The van der Waals surface area contributed by atoms with Crippen LogP contribution in [0.4, 0.5) is 5.69 Å². The molecule has 5 heteroatoms. The van der Waals surface area contributed by atoms with Crippen molar-refractivity contribution in [3.05, 3.63) is 55.6 Å². The number of phenols is 1. The van der Waals surface area contributed by atoms with Gasteiger partial charge in [0.2, 0.25) is 0 Å². The third-order valence-electron chi connectivity index (χ3n) is 2.41. The molecule has 3 nitrogen and oxygen atoms in total. The Morgan fingerprint density at radius 3 is 2.58 bits per heavy atom. The normalized spacial score (nSPS) is 10.6. The van der Waals surface area contributed by atoms with Gasteiger partial charge in [0.1, 0.15) is 5.75 Å². The molecule has 0 aliphatic carbocycles. The van der Waals surface area contributed by atoms with E-state index in [1.54, 1.807) is 36.5 Å². The van der Waals surface area contributed by atoms with E-state index in [0.29, 0.717) is 11.1 Å². The van der Waals surface area contributed by atoms with E-state index in [0.717, 1.165) is 13.7 Å². The van der Waals surface area contributed by atoms with Gasteiger partial charge < -0.3 is 5.11 Å². The lowest BCUT2D eigenvalue weighted by Crippen LogP contribution is -1.86. The zero-order chi connectivity index (χ0) is 13.8. The fourth-order valence-electron chi connectivity index (χ4n) is 1.45. The monoisotopic (exact) mass is 426 g/mol. The molecule has 0 atom stereocenters. The first-order valence-corrected chi connectivity index (χ1v) is 7.19. The smallest absolute Gasteiger partial charge is 0.137 e. The fourth-order valence-corrected chi connectivity index (χ4v) is 3.00. The molecule has 94 valence electrons. The minimum Gasteiger partial charge on any atom is -0.506 e. The van der Waals surface area contributed by atoms with Gasteiger partial charge in [-0.1, -0.05) is 15.9 Å². The third kappa shape index (κ3) is 3.55. The van der Waals surface area contributed by atoms with Gasteiger partial charge in [-0.3, -0.25) is 4.99 Å². The van der Waals surface area contributed by atoms with Gasteiger partial charge in [0, 0.05) is 16.3 Å². The van der Waals surface area contributed by atoms with Gasteiger partial charge in [-0.05, 0) is 59.0 Å². The lowest BCUT2D eigenvalue weighted by atomic mass is 10.2. The molecule has 19 heavy (non-hydrogen) atoms. The van der Waals surface area contributed by atoms with E-state index in [1.165, 1.54) is 0 Å². The number of aromatic hydroxyl groups is 1. The highest BCUT2D eigenvalue weighted by Gasteiger charge is 2.05. The molecule has 0 amide bonds. The molecule has 2 rings (SSSR count). The average Bonchev–Trinajstić information content (AvgIpc) is 2.41. The third-order valence-corrected chi connectivity index (χ3v) is 3.69. The van der Waals surface area contributed by atoms with Crippen LogP contribution in [0.15, 0.2) is 45.9 Å². The SMILES string of the molecule is N#Cc1ccc(N=Cc2cc(Br)cc(I)c2O)cc1. The Morgan fingerprint density at radius 2 is 1.95 bits per heavy atom. The summed E-state index contributed by atoms with van der Waals surface area (Å²) in [5.74, 6) is 0.209. The number of hydrogen-bond acceptors (Lipinski definition) is 3. The Bertz CT molecular complexity index is 675. The minimum atomic E-state index is 0.209. The summed E-state index contributed by atoms with van der Waals surface area (Å²) >= 11 is 5.44. The number of halogens is 2. The van der Waals surface area contributed by atoms with Crippen LogP contribution in [-0.2, 0) is 0 Å². The Morgan fingerprint density at radius 1 is 1.26 bits per heavy atom. The molecule has 0 spiro atoms. The summed E-state index contributed by atoms with van der Waals surface area (Å²) in [6.45, 7) is 0. The zero-order valence-electron chi connectivity index (χ0n) is 9.64. The Kier molecular flexibility index (Phi) is 4.56. The van der Waals surface area contributed by atoms with Crippen molar-refractivity contribution < 1.29 is 5.11 Å². The summed E-state index contributed by atoms with van der Waals surface area (Å²) in [6.07, 6.45) is 1.60. The van der Waals surface area contributed by atoms with Crippen LogP contribution in [0.25, 0.3) is 0 Å². The van der Waals surface area contributed by atoms with Crippen molar-refractivity contribution in [1.29, 1.82) is 5.26 Å². The van der Waals surface area contributed by atoms with Gasteiger partial charge in [0.15, 0.2) is 0 Å². The van der Waals surface area contributed by atoms with Crippen molar-refractivity contribution in [2.45, 2.75) is 0 Å². The second-order valence-electron chi connectivity index (χ2n) is 3.74. The number of rotatable bonds is 2. The second-order valence-corrected chi connectivity index (χ2v) is 5.82. The van der Waals surface area contributed by atoms with Crippen molar-refractivity contribution in [2.75, 3.05) is 0 Å². The summed E-state index contributed by atoms with van der Waals surface area (Å²) in [5.41, 5.74) is 1.97. The molecule has 0 radical (unpaired) electrons. The maximum atomic E-state index is 9.92. The number of aliphatic imine (C=N–C) groups is 1. The molecule has 2 aromatic rings. The molecule has 0 fully saturated rings. The van der Waals surface area contributed by atoms with Crippen LogP contribution in [0.3, 0.4) is 0 Å². The molecule has 0 aliphatic rings. The molecule has 1 N–H and O–H groups in total. The van der Waals surface area contributed by atoms with Crippen LogP contribution in [-0.4, -0.2) is 11.3 Å². The maximum absolute atomic E-state index is 9.92. The van der Waals surface area contributed by atoms with E-state index in [-0.39, 0.29) is 5.75 Å². The number of hydrogen-bond donors (Lipinski definition) is 1. The van der Waals surface area contributed by atoms with Crippen LogP contribution >= 0.6 is 38.5 Å². The molecule has 0 aliphatic heterocycles. The molecular weight excluding hydrogens is 419 g/mol. The van der Waals surface area contributed by atoms with Gasteiger partial charge in [-0.25, -0.2) is 0 Å². The summed E-state index contributed by atoms with van der Waals surface area (Å²) in [6, 6.07) is 12.6. The van der Waals surface area contributed by atoms with Crippen molar-refractivity contribution in [2.24, 2.45) is 4.99 Å². The Labute approximate surface area is 132 Å². The molecule has 2 aromatic carbocycles. The molecule has 0 saturated heterocycles. The lowest BCUT2D eigenvalue weighted by Gasteiger charge is -2.02. The first-order valence-electron chi connectivity index (χ1n) is 5.32. The quantitative estimate of drug-likeness (QED) is 0.572. The number of benzene rings is 2. The number of nitrogens with zero attached hydrogens (tertiary/aromatic N) is 2. The predicted molar refractivity (Wildman–Crippen MR) is 86.9 cm³/mol. The van der Waals surface area contributed by atoms with Gasteiger partial charge >= 0.3 is 0 Å². The first-order chi connectivity index (χ1) is 9.10. The zero-order valence-corrected chi connectivity index (χ0v) is 13.4. The van der Waals surface area contributed by atoms with E-state index in [1.807, 2.05) is 6.07 Å². The predicted octanol–water partition coefficient (Wildman–Crippen LogP) is 4.38. The van der Waals surface area contributed by atoms with Crippen molar-refractivity contribution in [3.8, 4) is 11.8 Å². The highest BCUT2D eigenvalue weighted by Crippen LogP contribution is 2.28. The van der Waals surface area contributed by atoms with Gasteiger partial charge in [-0.15, -0.1) is 0 Å². The summed E-state index contributed by atoms with van der Waals surface area (Å²) in [5, 5.41) is 18.6. The molecule has 0 heterocycles. The molecule has 0 unspecified atom stereocenters. The summed E-state index contributed by atoms with van der Waals surface area (Å²) in [7, 11) is 0. The minimum absolute atomic E-state index is 0.209. The van der Waals surface area contributed by atoms with E-state index >= 15 is 0 Å². The van der Waals surface area contributed by atoms with Crippen molar-refractivity contribution in [3.63, 3.8) is 0 Å². The Hall–Kier alpha value is -1.39. The first kappa shape index (κ1) is 14.0. The fraction of sp³-hybridized carbons (Fsp3) is 0. The van der Waals surface area contributed by atoms with Crippen molar-refractivity contribution in [1.82, 2.24) is 0 Å². The van der Waals surface area contributed by atoms with E-state index in [4.69, 9.17) is 5.26 Å². The molecule has 0 bridgehead atoms. The van der Waals surface area contributed by atoms with Crippen LogP contribution in [0.2, 0.25) is 0 Å². The second kappa shape index (κ2) is 6.17. The molecule has 0 aromatic heterocycles. The Balaban J connectivity index is 2.30. The topological polar surface area (TPSA) is 56.4 Å². The molecular formula is C14H8BrIN2O. The average molecular weight is 427 g/mol. The van der Waals surface area contributed by atoms with Gasteiger partial charge in [0.25, 0.3) is 0 Å². The number of phenolic OH excluding ortho intramolecular Hbond substituents is 1. The summed E-state index contributed by atoms with van der Waals surface area (Å²) < 4.78 is 1.64. The van der Waals surface area contributed by atoms with Crippen LogP contribution in [0.5, 0.6) is 5.75 Å².